The third-order valence-electron chi connectivity index (χ3n) is 0.463. The minimum absolute atomic E-state index is 0. The van der Waals surface area contributed by atoms with E-state index in [0.29, 0.717) is 0 Å². The van der Waals surface area contributed by atoms with Crippen LogP contribution in [-0.2, 0) is 26.7 Å². The third kappa shape index (κ3) is 15.5. The van der Waals surface area contributed by atoms with E-state index in [1.807, 2.05) is 0 Å². The molecule has 16 heavy (non-hydrogen) atoms. The third-order valence-corrected chi connectivity index (χ3v) is 0.463. The van der Waals surface area contributed by atoms with Crippen LogP contribution in [0.4, 0.5) is 26.3 Å². The molecule has 0 aromatic carbocycles. The summed E-state index contributed by atoms with van der Waals surface area (Å²) in [5, 5.41) is 17.6. The van der Waals surface area contributed by atoms with Crippen molar-refractivity contribution in [3.63, 3.8) is 0 Å². The van der Waals surface area contributed by atoms with E-state index in [-0.39, 0.29) is 22.5 Å². The second kappa shape index (κ2) is 8.19. The summed E-state index contributed by atoms with van der Waals surface area (Å²) in [6.45, 7) is 0. The van der Waals surface area contributed by atoms with Crippen LogP contribution in [0.15, 0.2) is 0 Å². The van der Waals surface area contributed by atoms with E-state index in [1.165, 1.54) is 0 Å². The summed E-state index contributed by atoms with van der Waals surface area (Å²) < 4.78 is 63.1. The number of alkyl halides is 6. The quantitative estimate of drug-likeness (QED) is 0.372. The molecule has 102 valence electrons. The molecule has 0 amide bonds. The number of halogens is 6. The van der Waals surface area contributed by atoms with Gasteiger partial charge in [0.25, 0.3) is 0 Å². The van der Waals surface area contributed by atoms with Gasteiger partial charge in [0, 0.05) is 0 Å². The predicted molar refractivity (Wildman–Crippen MR) is 25.7 cm³/mol. The second-order valence-electron chi connectivity index (χ2n) is 1.57. The molecule has 0 saturated carbocycles. The Kier molecular flexibility index (Phi) is 12.4. The van der Waals surface area contributed by atoms with Crippen LogP contribution < -0.4 is 10.2 Å². The maximum atomic E-state index is 10.5. The smallest absolute Gasteiger partial charge is 0.542 e. The number of rotatable bonds is 0. The van der Waals surface area contributed by atoms with Gasteiger partial charge in [-0.05, 0) is 0 Å². The van der Waals surface area contributed by atoms with Gasteiger partial charge >= 0.3 is 29.4 Å². The first kappa shape index (κ1) is 24.3. The van der Waals surface area contributed by atoms with Crippen molar-refractivity contribution >= 4 is 11.9 Å². The van der Waals surface area contributed by atoms with Crippen molar-refractivity contribution in [1.29, 1.82) is 0 Å². The maximum absolute atomic E-state index is 10.5. The molecule has 0 heterocycles. The van der Waals surface area contributed by atoms with E-state index < -0.39 is 24.3 Å². The number of carbonyl (C=O) groups is 2. The number of carboxylic acid groups (broad SMARTS) is 2. The topological polar surface area (TPSA) is 112 Å². The Bertz CT molecular complexity index is 198. The number of carbonyl (C=O) groups excluding carboxylic acids is 2. The Balaban J connectivity index is -0.0000000800. The van der Waals surface area contributed by atoms with E-state index in [1.54, 1.807) is 0 Å². The largest absolute Gasteiger partial charge is 1.00 e. The molecular weight excluding hydrogens is 306 g/mol. The molecular formula is C4H2CuF6O5-. The van der Waals surface area contributed by atoms with Gasteiger partial charge in [-0.15, -0.1) is 0 Å². The molecule has 0 aliphatic carbocycles. The normalized spacial score (nSPS) is 9.88. The summed E-state index contributed by atoms with van der Waals surface area (Å²) in [4.78, 5) is 17.6. The van der Waals surface area contributed by atoms with Crippen LogP contribution >= 0.6 is 0 Å². The Labute approximate surface area is 93.8 Å². The van der Waals surface area contributed by atoms with Crippen molar-refractivity contribution in [3.05, 3.63) is 0 Å². The zero-order valence-electron chi connectivity index (χ0n) is 6.70. The van der Waals surface area contributed by atoms with E-state index in [0.717, 1.165) is 0 Å². The summed E-state index contributed by atoms with van der Waals surface area (Å²) in [6, 6.07) is 0. The Morgan fingerprint density at radius 3 is 0.812 bits per heavy atom. The number of hydrogen-bond acceptors (Lipinski definition) is 4. The molecule has 0 aromatic heterocycles. The summed E-state index contributed by atoms with van der Waals surface area (Å²) in [5.74, 6) is -6.01. The van der Waals surface area contributed by atoms with Gasteiger partial charge < -0.3 is 25.3 Å². The SMILES string of the molecule is O.O=C([O-])C(F)(F)F.O=C([O-])C(F)(F)F.[Cu+]. The molecule has 0 atom stereocenters. The van der Waals surface area contributed by atoms with Gasteiger partial charge in [0.05, 0.1) is 0 Å². The van der Waals surface area contributed by atoms with Gasteiger partial charge in [-0.1, -0.05) is 0 Å². The Morgan fingerprint density at radius 2 is 0.812 bits per heavy atom. The zero-order chi connectivity index (χ0) is 12.2. The van der Waals surface area contributed by atoms with Crippen molar-refractivity contribution in [2.75, 3.05) is 0 Å². The summed E-state index contributed by atoms with van der Waals surface area (Å²) in [6.07, 6.45) is -10.4. The standard InChI is InChI=1S/2C2HF3O2.Cu.H2O/c2*3-2(4,5)1(6)7;;/h2*(H,6,7);;1H2/q;;+1;/p-2. The van der Waals surface area contributed by atoms with Crippen LogP contribution in [0.2, 0.25) is 0 Å². The van der Waals surface area contributed by atoms with E-state index in [4.69, 9.17) is 19.8 Å². The second-order valence-corrected chi connectivity index (χ2v) is 1.57. The number of hydrogen-bond donors (Lipinski definition) is 0. The molecule has 12 heteroatoms. The summed E-state index contributed by atoms with van der Waals surface area (Å²) in [5.41, 5.74) is 0. The average Bonchev–Trinajstić information content (AvgIpc) is 1.83. The predicted octanol–water partition coefficient (Wildman–Crippen LogP) is -2.23. The fourth-order valence-electron chi connectivity index (χ4n) is 0. The van der Waals surface area contributed by atoms with Crippen molar-refractivity contribution in [1.82, 2.24) is 0 Å². The van der Waals surface area contributed by atoms with Gasteiger partial charge in [-0.2, -0.15) is 26.3 Å². The summed E-state index contributed by atoms with van der Waals surface area (Å²) in [7, 11) is 0. The van der Waals surface area contributed by atoms with Gasteiger partial charge in [0.1, 0.15) is 11.9 Å². The Morgan fingerprint density at radius 1 is 0.750 bits per heavy atom. The molecule has 2 N–H and O–H groups in total. The van der Waals surface area contributed by atoms with Crippen molar-refractivity contribution < 1.29 is 68.7 Å². The fraction of sp³-hybridized carbons (Fsp3) is 0.500. The van der Waals surface area contributed by atoms with E-state index >= 15 is 0 Å². The van der Waals surface area contributed by atoms with Gasteiger partial charge in [0.2, 0.25) is 0 Å². The molecule has 0 aliphatic heterocycles. The molecule has 0 fully saturated rings. The monoisotopic (exact) mass is 307 g/mol. The molecule has 0 saturated heterocycles. The van der Waals surface area contributed by atoms with E-state index in [2.05, 4.69) is 0 Å². The first-order valence-corrected chi connectivity index (χ1v) is 2.45. The summed E-state index contributed by atoms with van der Waals surface area (Å²) >= 11 is 0. The van der Waals surface area contributed by atoms with Gasteiger partial charge in [-0.25, -0.2) is 0 Å². The molecule has 0 aliphatic rings. The van der Waals surface area contributed by atoms with Crippen LogP contribution in [0.25, 0.3) is 0 Å². The average molecular weight is 308 g/mol. The molecule has 0 rings (SSSR count). The van der Waals surface area contributed by atoms with Crippen LogP contribution in [0.1, 0.15) is 0 Å². The molecule has 5 nitrogen and oxygen atoms in total. The first-order valence-electron chi connectivity index (χ1n) is 2.45. The molecule has 0 bridgehead atoms. The van der Waals surface area contributed by atoms with Gasteiger partial charge in [-0.3, -0.25) is 0 Å². The van der Waals surface area contributed by atoms with Crippen LogP contribution in [0, 0.1) is 0 Å². The van der Waals surface area contributed by atoms with Crippen molar-refractivity contribution in [2.24, 2.45) is 0 Å². The minimum Gasteiger partial charge on any atom is -0.542 e. The zero-order valence-corrected chi connectivity index (χ0v) is 7.64. The molecule has 0 aromatic rings. The van der Waals surface area contributed by atoms with Crippen LogP contribution in [0.5, 0.6) is 0 Å². The van der Waals surface area contributed by atoms with Crippen molar-refractivity contribution in [3.8, 4) is 0 Å². The number of aliphatic carboxylic acids is 2. The van der Waals surface area contributed by atoms with Crippen molar-refractivity contribution in [2.45, 2.75) is 12.4 Å². The first-order chi connectivity index (χ1) is 5.89. The fourth-order valence-corrected chi connectivity index (χ4v) is 0. The molecule has 0 radical (unpaired) electrons. The maximum Gasteiger partial charge on any atom is 1.00 e. The minimum atomic E-state index is -5.19. The van der Waals surface area contributed by atoms with Crippen LogP contribution in [-0.4, -0.2) is 29.8 Å². The van der Waals surface area contributed by atoms with Gasteiger partial charge in [0.15, 0.2) is 0 Å². The van der Waals surface area contributed by atoms with Crippen LogP contribution in [0.3, 0.4) is 0 Å². The molecule has 0 unspecified atom stereocenters. The van der Waals surface area contributed by atoms with E-state index in [9.17, 15) is 26.3 Å². The molecule has 0 spiro atoms. The Hall–Kier alpha value is -1.00. The number of carboxylic acids is 2.